The molecule has 0 radical (unpaired) electrons. The SMILES string of the molecule is C=CCC(=O)N[C@H](Cc1ccc(-c2cc(Cl)cc(Cl)c2)cc1)[C@@H](O)[C@H](O)C(=O)O. The lowest BCUT2D eigenvalue weighted by Gasteiger charge is -2.26. The highest BCUT2D eigenvalue weighted by Crippen LogP contribution is 2.27. The van der Waals surface area contributed by atoms with Gasteiger partial charge in [-0.1, -0.05) is 53.5 Å². The number of hydrogen-bond acceptors (Lipinski definition) is 4. The third-order valence-corrected chi connectivity index (χ3v) is 4.71. The van der Waals surface area contributed by atoms with Crippen LogP contribution in [0, 0.1) is 0 Å². The lowest BCUT2D eigenvalue weighted by atomic mass is 9.95. The predicted molar refractivity (Wildman–Crippen MR) is 112 cm³/mol. The average molecular weight is 438 g/mol. The van der Waals surface area contributed by atoms with Gasteiger partial charge in [-0.2, -0.15) is 0 Å². The Balaban J connectivity index is 2.21. The number of hydrogen-bond donors (Lipinski definition) is 4. The lowest BCUT2D eigenvalue weighted by molar-refractivity contribution is -0.154. The first-order chi connectivity index (χ1) is 13.7. The summed E-state index contributed by atoms with van der Waals surface area (Å²) in [6, 6.07) is 11.4. The second kappa shape index (κ2) is 10.4. The van der Waals surface area contributed by atoms with Gasteiger partial charge in [0.15, 0.2) is 6.10 Å². The van der Waals surface area contributed by atoms with Crippen molar-refractivity contribution in [1.29, 1.82) is 0 Å². The van der Waals surface area contributed by atoms with E-state index in [9.17, 15) is 19.8 Å². The number of aliphatic hydroxyl groups is 2. The zero-order valence-corrected chi connectivity index (χ0v) is 16.9. The number of nitrogens with one attached hydrogen (secondary N) is 1. The molecule has 0 aliphatic carbocycles. The Morgan fingerprint density at radius 3 is 2.14 bits per heavy atom. The van der Waals surface area contributed by atoms with Crippen LogP contribution in [0.2, 0.25) is 10.0 Å². The van der Waals surface area contributed by atoms with Crippen molar-refractivity contribution in [3.8, 4) is 11.1 Å². The number of carboxylic acid groups (broad SMARTS) is 1. The highest BCUT2D eigenvalue weighted by atomic mass is 35.5. The fourth-order valence-electron chi connectivity index (χ4n) is 2.83. The van der Waals surface area contributed by atoms with E-state index in [1.807, 2.05) is 12.1 Å². The number of benzene rings is 2. The average Bonchev–Trinajstić information content (AvgIpc) is 2.66. The minimum Gasteiger partial charge on any atom is -0.479 e. The summed E-state index contributed by atoms with van der Waals surface area (Å²) in [7, 11) is 0. The number of carbonyl (C=O) groups is 2. The first-order valence-corrected chi connectivity index (χ1v) is 9.51. The van der Waals surface area contributed by atoms with Crippen LogP contribution in [0.5, 0.6) is 0 Å². The van der Waals surface area contributed by atoms with Crippen molar-refractivity contribution in [2.24, 2.45) is 0 Å². The van der Waals surface area contributed by atoms with Crippen LogP contribution in [-0.2, 0) is 16.0 Å². The summed E-state index contributed by atoms with van der Waals surface area (Å²) in [5.41, 5.74) is 2.41. The molecule has 0 saturated heterocycles. The molecule has 0 spiro atoms. The third kappa shape index (κ3) is 6.58. The van der Waals surface area contributed by atoms with Crippen molar-refractivity contribution < 1.29 is 24.9 Å². The number of halogens is 2. The summed E-state index contributed by atoms with van der Waals surface area (Å²) in [4.78, 5) is 22.9. The van der Waals surface area contributed by atoms with E-state index in [1.54, 1.807) is 30.3 Å². The monoisotopic (exact) mass is 437 g/mol. The molecular weight excluding hydrogens is 417 g/mol. The molecule has 2 aromatic carbocycles. The van der Waals surface area contributed by atoms with Crippen LogP contribution in [0.3, 0.4) is 0 Å². The van der Waals surface area contributed by atoms with Crippen molar-refractivity contribution >= 4 is 35.1 Å². The minimum atomic E-state index is -2.03. The molecule has 1 amide bonds. The summed E-state index contributed by atoms with van der Waals surface area (Å²) in [5.74, 6) is -2.01. The minimum absolute atomic E-state index is 0.000844. The number of carboxylic acids is 1. The van der Waals surface area contributed by atoms with Gasteiger partial charge in [0.1, 0.15) is 6.10 Å². The molecule has 2 rings (SSSR count). The van der Waals surface area contributed by atoms with E-state index >= 15 is 0 Å². The molecule has 3 atom stereocenters. The molecule has 0 aromatic heterocycles. The van der Waals surface area contributed by atoms with Gasteiger partial charge in [-0.15, -0.1) is 6.58 Å². The maximum Gasteiger partial charge on any atom is 0.335 e. The van der Waals surface area contributed by atoms with E-state index in [4.69, 9.17) is 28.3 Å². The molecule has 0 unspecified atom stereocenters. The van der Waals surface area contributed by atoms with E-state index in [-0.39, 0.29) is 12.8 Å². The normalized spacial score (nSPS) is 13.9. The highest BCUT2D eigenvalue weighted by molar-refractivity contribution is 6.35. The van der Waals surface area contributed by atoms with Crippen LogP contribution in [0.1, 0.15) is 12.0 Å². The number of rotatable bonds is 9. The zero-order chi connectivity index (χ0) is 21.6. The molecule has 0 bridgehead atoms. The van der Waals surface area contributed by atoms with Crippen LogP contribution >= 0.6 is 23.2 Å². The Hall–Kier alpha value is -2.38. The predicted octanol–water partition coefficient (Wildman–Crippen LogP) is 3.07. The quantitative estimate of drug-likeness (QED) is 0.451. The fourth-order valence-corrected chi connectivity index (χ4v) is 3.35. The summed E-state index contributed by atoms with van der Waals surface area (Å²) in [6.45, 7) is 3.47. The molecule has 4 N–H and O–H groups in total. The number of carbonyl (C=O) groups excluding carboxylic acids is 1. The maximum absolute atomic E-state index is 11.9. The van der Waals surface area contributed by atoms with E-state index in [0.29, 0.717) is 10.0 Å². The van der Waals surface area contributed by atoms with E-state index in [1.165, 1.54) is 6.08 Å². The van der Waals surface area contributed by atoms with E-state index < -0.39 is 30.1 Å². The van der Waals surface area contributed by atoms with Crippen LogP contribution in [0.15, 0.2) is 55.1 Å². The Bertz CT molecular complexity index is 865. The topological polar surface area (TPSA) is 107 Å². The Kier molecular flexibility index (Phi) is 8.22. The van der Waals surface area contributed by atoms with Crippen LogP contribution in [-0.4, -0.2) is 45.4 Å². The first kappa shape index (κ1) is 22.9. The van der Waals surface area contributed by atoms with Crippen molar-refractivity contribution in [2.45, 2.75) is 31.1 Å². The van der Waals surface area contributed by atoms with Gasteiger partial charge in [-0.25, -0.2) is 4.79 Å². The van der Waals surface area contributed by atoms with Crippen LogP contribution in [0.4, 0.5) is 0 Å². The second-order valence-corrected chi connectivity index (χ2v) is 7.37. The van der Waals surface area contributed by atoms with Gasteiger partial charge in [-0.05, 0) is 41.3 Å². The van der Waals surface area contributed by atoms with Gasteiger partial charge >= 0.3 is 5.97 Å². The lowest BCUT2D eigenvalue weighted by Crippen LogP contribution is -2.51. The molecule has 0 saturated carbocycles. The van der Waals surface area contributed by atoms with Crippen molar-refractivity contribution in [1.82, 2.24) is 5.32 Å². The largest absolute Gasteiger partial charge is 0.479 e. The zero-order valence-electron chi connectivity index (χ0n) is 15.4. The molecule has 0 aliphatic rings. The fraction of sp³-hybridized carbons (Fsp3) is 0.238. The summed E-state index contributed by atoms with van der Waals surface area (Å²) >= 11 is 12.1. The number of amides is 1. The molecule has 29 heavy (non-hydrogen) atoms. The molecule has 2 aromatic rings. The number of aliphatic hydroxyl groups excluding tert-OH is 2. The molecule has 0 aliphatic heterocycles. The van der Waals surface area contributed by atoms with Gasteiger partial charge in [0, 0.05) is 16.5 Å². The Morgan fingerprint density at radius 2 is 1.62 bits per heavy atom. The number of aliphatic carboxylic acids is 1. The molecule has 6 nitrogen and oxygen atoms in total. The molecule has 154 valence electrons. The van der Waals surface area contributed by atoms with Gasteiger partial charge in [0.25, 0.3) is 0 Å². The van der Waals surface area contributed by atoms with Crippen LogP contribution in [0.25, 0.3) is 11.1 Å². The van der Waals surface area contributed by atoms with Crippen LogP contribution < -0.4 is 5.32 Å². The smallest absolute Gasteiger partial charge is 0.335 e. The maximum atomic E-state index is 11.9. The Morgan fingerprint density at radius 1 is 1.03 bits per heavy atom. The standard InChI is InChI=1S/C21H21Cl2NO5/c1-2-3-18(25)24-17(19(26)20(27)21(28)29)8-12-4-6-13(7-5-12)14-9-15(22)11-16(23)10-14/h2,4-7,9-11,17,19-20,26-27H,1,3,8H2,(H,24,25)(H,28,29)/t17-,19-,20+/m1/s1. The van der Waals surface area contributed by atoms with Crippen molar-refractivity contribution in [2.75, 3.05) is 0 Å². The van der Waals surface area contributed by atoms with Gasteiger partial charge in [0.2, 0.25) is 5.91 Å². The molecule has 0 fully saturated rings. The molecule has 0 heterocycles. The molecular formula is C21H21Cl2NO5. The molecule has 8 heteroatoms. The highest BCUT2D eigenvalue weighted by Gasteiger charge is 2.32. The van der Waals surface area contributed by atoms with Crippen molar-refractivity contribution in [3.05, 3.63) is 70.7 Å². The third-order valence-electron chi connectivity index (χ3n) is 4.27. The van der Waals surface area contributed by atoms with E-state index in [2.05, 4.69) is 11.9 Å². The van der Waals surface area contributed by atoms with Crippen molar-refractivity contribution in [3.63, 3.8) is 0 Å². The van der Waals surface area contributed by atoms with Gasteiger partial charge in [0.05, 0.1) is 6.04 Å². The summed E-state index contributed by atoms with van der Waals surface area (Å²) < 4.78 is 0. The summed E-state index contributed by atoms with van der Waals surface area (Å²) in [6.07, 6.45) is -2.21. The summed E-state index contributed by atoms with van der Waals surface area (Å²) in [5, 5.41) is 32.4. The Labute approximate surface area is 178 Å². The van der Waals surface area contributed by atoms with Gasteiger partial charge in [-0.3, -0.25) is 4.79 Å². The second-order valence-electron chi connectivity index (χ2n) is 6.50. The first-order valence-electron chi connectivity index (χ1n) is 8.76. The van der Waals surface area contributed by atoms with Gasteiger partial charge < -0.3 is 20.6 Å². The van der Waals surface area contributed by atoms with E-state index in [0.717, 1.165) is 16.7 Å².